The van der Waals surface area contributed by atoms with Crippen molar-refractivity contribution < 1.29 is 22.7 Å². The van der Waals surface area contributed by atoms with Crippen LogP contribution in [0.2, 0.25) is 0 Å². The van der Waals surface area contributed by atoms with Gasteiger partial charge in [0.15, 0.2) is 0 Å². The Morgan fingerprint density at radius 2 is 1.80 bits per heavy atom. The van der Waals surface area contributed by atoms with Crippen LogP contribution in [0.25, 0.3) is 22.0 Å². The van der Waals surface area contributed by atoms with Crippen LogP contribution in [-0.4, -0.2) is 76.5 Å². The van der Waals surface area contributed by atoms with Gasteiger partial charge in [-0.2, -0.15) is 0 Å². The molecule has 6 rings (SSSR count). The van der Waals surface area contributed by atoms with Crippen LogP contribution in [0.4, 0.5) is 10.7 Å². The number of aromatic nitrogens is 3. The van der Waals surface area contributed by atoms with Gasteiger partial charge in [-0.1, -0.05) is 30.3 Å². The fraction of sp³-hybridized carbons (Fsp3) is 0.412. The number of fused-ring (bicyclic) bond motifs is 1. The number of pyridine rings is 1. The summed E-state index contributed by atoms with van der Waals surface area (Å²) in [6.07, 6.45) is 5.64. The topological polar surface area (TPSA) is 127 Å². The molecule has 0 saturated carbocycles. The normalized spacial score (nSPS) is 17.4. The van der Waals surface area contributed by atoms with Crippen molar-refractivity contribution in [1.82, 2.24) is 24.2 Å². The maximum absolute atomic E-state index is 13.0. The Morgan fingerprint density at radius 3 is 2.57 bits per heavy atom. The van der Waals surface area contributed by atoms with Gasteiger partial charge in [0.25, 0.3) is 0 Å². The molecule has 1 atom stereocenters. The minimum atomic E-state index is -3.39. The summed E-state index contributed by atoms with van der Waals surface area (Å²) in [6, 6.07) is 15.1. The Kier molecular flexibility index (Phi) is 8.84. The van der Waals surface area contributed by atoms with Crippen molar-refractivity contribution in [3.8, 4) is 22.9 Å². The molecule has 2 fully saturated rings. The number of likely N-dealkylation sites (tertiary alicyclic amines) is 1. The summed E-state index contributed by atoms with van der Waals surface area (Å²) in [5, 5.41) is 5.03. The molecule has 2 aliphatic rings. The molecular formula is C34H40N6O5S. The van der Waals surface area contributed by atoms with Gasteiger partial charge < -0.3 is 19.7 Å². The van der Waals surface area contributed by atoms with Crippen molar-refractivity contribution in [2.24, 2.45) is 0 Å². The number of aryl methyl sites for hydroxylation is 1. The second kappa shape index (κ2) is 12.8. The third-order valence-corrected chi connectivity index (χ3v) is 9.98. The monoisotopic (exact) mass is 644 g/mol. The fourth-order valence-electron chi connectivity index (χ4n) is 5.73. The maximum atomic E-state index is 13.0. The lowest BCUT2D eigenvalue weighted by molar-refractivity contribution is 0.0206. The first-order valence-electron chi connectivity index (χ1n) is 15.7. The quantitative estimate of drug-likeness (QED) is 0.241. The number of benzene rings is 2. The van der Waals surface area contributed by atoms with E-state index in [0.29, 0.717) is 55.0 Å². The third-order valence-electron chi connectivity index (χ3n) is 8.15. The average molecular weight is 645 g/mol. The van der Waals surface area contributed by atoms with Gasteiger partial charge >= 0.3 is 6.09 Å². The van der Waals surface area contributed by atoms with Crippen LogP contribution in [0.1, 0.15) is 51.2 Å². The number of piperidine rings is 1. The lowest BCUT2D eigenvalue weighted by atomic mass is 10.0. The van der Waals surface area contributed by atoms with Crippen molar-refractivity contribution in [3.63, 3.8) is 0 Å². The SMILES string of the molecule is Cc1ccc2c(CS(=O)(=O)N3CCC3)cccc2c1Oc1ncccc1-c1ccnc(N[C@H]2CCCN(C(=O)OC(C)(C)C)C2)n1. The van der Waals surface area contributed by atoms with Crippen LogP contribution in [0.3, 0.4) is 0 Å². The number of hydrogen-bond donors (Lipinski definition) is 1. The highest BCUT2D eigenvalue weighted by Crippen LogP contribution is 2.38. The molecule has 242 valence electrons. The molecule has 2 aromatic heterocycles. The van der Waals surface area contributed by atoms with Gasteiger partial charge in [-0.3, -0.25) is 0 Å². The smallest absolute Gasteiger partial charge is 0.410 e. The van der Waals surface area contributed by atoms with Gasteiger partial charge in [0, 0.05) is 50.0 Å². The van der Waals surface area contributed by atoms with Crippen LogP contribution in [0.5, 0.6) is 11.6 Å². The third kappa shape index (κ3) is 7.07. The van der Waals surface area contributed by atoms with Gasteiger partial charge in [-0.25, -0.2) is 32.5 Å². The Bertz CT molecular complexity index is 1850. The summed E-state index contributed by atoms with van der Waals surface area (Å²) in [5.41, 5.74) is 2.37. The summed E-state index contributed by atoms with van der Waals surface area (Å²) in [6.45, 7) is 9.84. The number of carbonyl (C=O) groups excluding carboxylic acids is 1. The number of nitrogens with one attached hydrogen (secondary N) is 1. The molecule has 0 spiro atoms. The van der Waals surface area contributed by atoms with Crippen LogP contribution in [0, 0.1) is 6.92 Å². The number of anilines is 1. The van der Waals surface area contributed by atoms with Gasteiger partial charge in [-0.05, 0) is 81.7 Å². The molecule has 2 aliphatic heterocycles. The molecule has 0 aliphatic carbocycles. The van der Waals surface area contributed by atoms with Crippen LogP contribution in [0.15, 0.2) is 60.9 Å². The van der Waals surface area contributed by atoms with Crippen LogP contribution in [-0.2, 0) is 20.5 Å². The number of ether oxygens (including phenoxy) is 2. The molecule has 11 nitrogen and oxygen atoms in total. The number of hydrogen-bond acceptors (Lipinski definition) is 9. The molecule has 1 N–H and O–H groups in total. The summed E-state index contributed by atoms with van der Waals surface area (Å²) >= 11 is 0. The van der Waals surface area contributed by atoms with E-state index < -0.39 is 15.6 Å². The zero-order chi connectivity index (χ0) is 32.5. The van der Waals surface area contributed by atoms with Gasteiger partial charge in [-0.15, -0.1) is 0 Å². The first kappa shape index (κ1) is 31.7. The van der Waals surface area contributed by atoms with E-state index in [-0.39, 0.29) is 17.9 Å². The van der Waals surface area contributed by atoms with E-state index in [9.17, 15) is 13.2 Å². The Balaban J connectivity index is 1.24. The van der Waals surface area contributed by atoms with Gasteiger partial charge in [0.2, 0.25) is 21.9 Å². The molecule has 2 aromatic carbocycles. The van der Waals surface area contributed by atoms with Crippen molar-refractivity contribution in [3.05, 3.63) is 72.1 Å². The molecule has 2 saturated heterocycles. The lowest BCUT2D eigenvalue weighted by Crippen LogP contribution is -2.47. The summed E-state index contributed by atoms with van der Waals surface area (Å²) in [7, 11) is -3.39. The average Bonchev–Trinajstić information content (AvgIpc) is 2.97. The standard InChI is InChI=1S/C34H40N6O5S/c1-23-13-14-26-24(22-46(42,43)40-19-8-20-40)9-5-11-27(26)30(23)44-31-28(12-6-16-35-31)29-15-17-36-32(38-29)37-25-10-7-18-39(21-25)33(41)45-34(2,3)4/h5-6,9,11-17,25H,7-8,10,18-22H2,1-4H3,(H,36,37,38)/t25-/m0/s1. The predicted octanol–water partition coefficient (Wildman–Crippen LogP) is 6.14. The highest BCUT2D eigenvalue weighted by Gasteiger charge is 2.29. The molecule has 12 heteroatoms. The summed E-state index contributed by atoms with van der Waals surface area (Å²) < 4.78 is 39.6. The Labute approximate surface area is 270 Å². The van der Waals surface area contributed by atoms with Gasteiger partial charge in [0.1, 0.15) is 11.4 Å². The molecular weight excluding hydrogens is 604 g/mol. The summed E-state index contributed by atoms with van der Waals surface area (Å²) in [4.78, 5) is 28.2. The Hall–Kier alpha value is -4.29. The number of rotatable bonds is 8. The van der Waals surface area contributed by atoms with E-state index in [1.54, 1.807) is 23.4 Å². The number of carbonyl (C=O) groups is 1. The van der Waals surface area contributed by atoms with E-state index in [4.69, 9.17) is 14.5 Å². The minimum absolute atomic E-state index is 0.0291. The first-order chi connectivity index (χ1) is 22.0. The molecule has 0 unspecified atom stereocenters. The van der Waals surface area contributed by atoms with E-state index in [1.807, 2.05) is 70.2 Å². The molecule has 1 amide bonds. The first-order valence-corrected chi connectivity index (χ1v) is 17.3. The van der Waals surface area contributed by atoms with Crippen molar-refractivity contribution in [2.75, 3.05) is 31.5 Å². The van der Waals surface area contributed by atoms with Crippen molar-refractivity contribution in [2.45, 2.75) is 64.4 Å². The van der Waals surface area contributed by atoms with Crippen molar-refractivity contribution in [1.29, 1.82) is 0 Å². The van der Waals surface area contributed by atoms with Crippen molar-refractivity contribution >= 4 is 32.8 Å². The van der Waals surface area contributed by atoms with Crippen LogP contribution < -0.4 is 10.1 Å². The lowest BCUT2D eigenvalue weighted by Gasteiger charge is -2.34. The summed E-state index contributed by atoms with van der Waals surface area (Å²) in [5.74, 6) is 1.36. The minimum Gasteiger partial charge on any atom is -0.444 e. The zero-order valence-corrected chi connectivity index (χ0v) is 27.5. The number of nitrogens with zero attached hydrogens (tertiary/aromatic N) is 5. The Morgan fingerprint density at radius 1 is 0.978 bits per heavy atom. The highest BCUT2D eigenvalue weighted by atomic mass is 32.2. The molecule has 4 aromatic rings. The number of sulfonamides is 1. The van der Waals surface area contributed by atoms with E-state index in [0.717, 1.165) is 41.2 Å². The maximum Gasteiger partial charge on any atom is 0.410 e. The van der Waals surface area contributed by atoms with E-state index in [2.05, 4.69) is 15.3 Å². The molecule has 0 radical (unpaired) electrons. The predicted molar refractivity (Wildman–Crippen MR) is 177 cm³/mol. The second-order valence-electron chi connectivity index (χ2n) is 12.9. The van der Waals surface area contributed by atoms with Gasteiger partial charge in [0.05, 0.1) is 17.0 Å². The molecule has 46 heavy (non-hydrogen) atoms. The second-order valence-corrected chi connectivity index (χ2v) is 14.8. The zero-order valence-electron chi connectivity index (χ0n) is 26.7. The van der Waals surface area contributed by atoms with E-state index in [1.165, 1.54) is 4.31 Å². The molecule has 4 heterocycles. The highest BCUT2D eigenvalue weighted by molar-refractivity contribution is 7.88. The number of amides is 1. The largest absolute Gasteiger partial charge is 0.444 e. The van der Waals surface area contributed by atoms with Crippen LogP contribution >= 0.6 is 0 Å². The fourth-order valence-corrected chi connectivity index (χ4v) is 7.37. The molecule has 0 bridgehead atoms. The van der Waals surface area contributed by atoms with E-state index >= 15 is 0 Å².